The second-order valence-electron chi connectivity index (χ2n) is 4.88. The van der Waals surface area contributed by atoms with E-state index in [1.54, 1.807) is 4.90 Å². The molecule has 0 N–H and O–H groups in total. The minimum Gasteiger partial charge on any atom is -0.304 e. The van der Waals surface area contributed by atoms with Crippen LogP contribution in [0, 0.1) is 10.1 Å². The number of carbonyl (C=O) groups excluding carboxylic acids is 1. The second kappa shape index (κ2) is 5.13. The number of nitrogens with zero attached hydrogens (tertiary/aromatic N) is 2. The first kappa shape index (κ1) is 14.0. The standard InChI is InChI=1S/C14H11ClN2O3S/c1-8-6-9-4-2-3-5-10(9)16(8)14(18)12-7-11(17(19)20)13(15)21-12/h2-5,7-8H,6H2,1H3. The van der Waals surface area contributed by atoms with Gasteiger partial charge in [-0.15, -0.1) is 11.3 Å². The minimum atomic E-state index is -0.572. The van der Waals surface area contributed by atoms with Gasteiger partial charge in [0.1, 0.15) is 4.88 Å². The van der Waals surface area contributed by atoms with E-state index in [0.717, 1.165) is 29.0 Å². The summed E-state index contributed by atoms with van der Waals surface area (Å²) < 4.78 is 0.0310. The number of benzene rings is 1. The summed E-state index contributed by atoms with van der Waals surface area (Å²) in [5, 5.41) is 10.8. The summed E-state index contributed by atoms with van der Waals surface area (Å²) in [6.45, 7) is 1.96. The number of hydrogen-bond donors (Lipinski definition) is 0. The van der Waals surface area contributed by atoms with Crippen molar-refractivity contribution in [2.75, 3.05) is 4.90 Å². The molecule has 108 valence electrons. The Bertz CT molecular complexity index is 744. The Morgan fingerprint density at radius 1 is 1.48 bits per heavy atom. The van der Waals surface area contributed by atoms with E-state index in [0.29, 0.717) is 0 Å². The first-order valence-corrected chi connectivity index (χ1v) is 7.53. The van der Waals surface area contributed by atoms with Gasteiger partial charge in [-0.05, 0) is 25.0 Å². The number of halogens is 1. The molecule has 0 saturated heterocycles. The van der Waals surface area contributed by atoms with E-state index in [1.807, 2.05) is 31.2 Å². The number of thiophene rings is 1. The van der Waals surface area contributed by atoms with E-state index in [2.05, 4.69) is 0 Å². The van der Waals surface area contributed by atoms with E-state index in [4.69, 9.17) is 11.6 Å². The smallest absolute Gasteiger partial charge is 0.299 e. The molecule has 1 atom stereocenters. The Labute approximate surface area is 129 Å². The van der Waals surface area contributed by atoms with Crippen LogP contribution in [0.2, 0.25) is 4.34 Å². The van der Waals surface area contributed by atoms with Gasteiger partial charge in [-0.3, -0.25) is 14.9 Å². The first-order chi connectivity index (χ1) is 9.99. The van der Waals surface area contributed by atoms with E-state index in [-0.39, 0.29) is 26.8 Å². The van der Waals surface area contributed by atoms with Gasteiger partial charge in [-0.1, -0.05) is 29.8 Å². The zero-order chi connectivity index (χ0) is 15.1. The number of carbonyl (C=O) groups is 1. The highest BCUT2D eigenvalue weighted by Crippen LogP contribution is 2.38. The van der Waals surface area contributed by atoms with E-state index in [9.17, 15) is 14.9 Å². The molecular formula is C14H11ClN2O3S. The van der Waals surface area contributed by atoms with Crippen molar-refractivity contribution in [1.29, 1.82) is 0 Å². The highest BCUT2D eigenvalue weighted by atomic mass is 35.5. The van der Waals surface area contributed by atoms with Gasteiger partial charge in [-0.2, -0.15) is 0 Å². The molecule has 0 spiro atoms. The lowest BCUT2D eigenvalue weighted by Gasteiger charge is -2.21. The van der Waals surface area contributed by atoms with Crippen molar-refractivity contribution in [3.8, 4) is 0 Å². The summed E-state index contributed by atoms with van der Waals surface area (Å²) in [7, 11) is 0. The van der Waals surface area contributed by atoms with Crippen LogP contribution in [0.4, 0.5) is 11.4 Å². The summed E-state index contributed by atoms with van der Waals surface area (Å²) in [4.78, 5) is 24.9. The fourth-order valence-electron chi connectivity index (χ4n) is 2.58. The van der Waals surface area contributed by atoms with Crippen LogP contribution < -0.4 is 4.90 Å². The molecule has 1 aliphatic heterocycles. The summed E-state index contributed by atoms with van der Waals surface area (Å²) in [5.74, 6) is -0.243. The van der Waals surface area contributed by atoms with Gasteiger partial charge in [0, 0.05) is 17.8 Å². The average Bonchev–Trinajstić information content (AvgIpc) is 2.97. The molecule has 2 heterocycles. The third-order valence-corrected chi connectivity index (χ3v) is 4.83. The highest BCUT2D eigenvalue weighted by Gasteiger charge is 2.33. The molecule has 5 nitrogen and oxygen atoms in total. The maximum atomic E-state index is 12.7. The predicted octanol–water partition coefficient (Wildman–Crippen LogP) is 3.90. The average molecular weight is 323 g/mol. The molecule has 0 saturated carbocycles. The van der Waals surface area contributed by atoms with Gasteiger partial charge in [0.25, 0.3) is 11.6 Å². The summed E-state index contributed by atoms with van der Waals surface area (Å²) in [6.07, 6.45) is 0.781. The van der Waals surface area contributed by atoms with Crippen LogP contribution in [0.25, 0.3) is 0 Å². The van der Waals surface area contributed by atoms with E-state index < -0.39 is 4.92 Å². The van der Waals surface area contributed by atoms with Crippen LogP contribution in [-0.4, -0.2) is 16.9 Å². The third kappa shape index (κ3) is 2.30. The van der Waals surface area contributed by atoms with Crippen LogP contribution in [0.5, 0.6) is 0 Å². The van der Waals surface area contributed by atoms with E-state index in [1.165, 1.54) is 6.07 Å². The third-order valence-electron chi connectivity index (χ3n) is 3.50. The van der Waals surface area contributed by atoms with E-state index >= 15 is 0 Å². The molecule has 3 rings (SSSR count). The van der Waals surface area contributed by atoms with Crippen LogP contribution in [0.15, 0.2) is 30.3 Å². The van der Waals surface area contributed by atoms with Crippen molar-refractivity contribution >= 4 is 40.2 Å². The zero-order valence-corrected chi connectivity index (χ0v) is 12.6. The molecule has 21 heavy (non-hydrogen) atoms. The van der Waals surface area contributed by atoms with Crippen LogP contribution >= 0.6 is 22.9 Å². The van der Waals surface area contributed by atoms with Crippen molar-refractivity contribution in [2.24, 2.45) is 0 Å². The molecule has 1 amide bonds. The van der Waals surface area contributed by atoms with Gasteiger partial charge in [0.15, 0.2) is 4.34 Å². The molecule has 0 radical (unpaired) electrons. The Morgan fingerprint density at radius 3 is 2.86 bits per heavy atom. The maximum Gasteiger partial charge on any atom is 0.299 e. The minimum absolute atomic E-state index is 0.0230. The fraction of sp³-hybridized carbons (Fsp3) is 0.214. The van der Waals surface area contributed by atoms with Crippen LogP contribution in [0.1, 0.15) is 22.2 Å². The van der Waals surface area contributed by atoms with Crippen molar-refractivity contribution in [3.63, 3.8) is 0 Å². The number of amides is 1. The topological polar surface area (TPSA) is 63.5 Å². The maximum absolute atomic E-state index is 12.7. The molecule has 1 aromatic heterocycles. The van der Waals surface area contributed by atoms with Crippen molar-refractivity contribution in [3.05, 3.63) is 55.2 Å². The number of anilines is 1. The molecular weight excluding hydrogens is 312 g/mol. The van der Waals surface area contributed by atoms with Gasteiger partial charge < -0.3 is 4.90 Å². The lowest BCUT2D eigenvalue weighted by molar-refractivity contribution is -0.384. The van der Waals surface area contributed by atoms with Gasteiger partial charge in [0.2, 0.25) is 0 Å². The monoisotopic (exact) mass is 322 g/mol. The molecule has 0 aliphatic carbocycles. The normalized spacial score (nSPS) is 16.9. The summed E-state index contributed by atoms with van der Waals surface area (Å²) in [5.41, 5.74) is 1.75. The Morgan fingerprint density at radius 2 is 2.19 bits per heavy atom. The molecule has 1 unspecified atom stereocenters. The van der Waals surface area contributed by atoms with Crippen molar-refractivity contribution < 1.29 is 9.72 Å². The first-order valence-electron chi connectivity index (χ1n) is 6.34. The predicted molar refractivity (Wildman–Crippen MR) is 82.4 cm³/mol. The number of hydrogen-bond acceptors (Lipinski definition) is 4. The highest BCUT2D eigenvalue weighted by molar-refractivity contribution is 7.18. The molecule has 1 aromatic carbocycles. The Balaban J connectivity index is 1.99. The molecule has 0 bridgehead atoms. The van der Waals surface area contributed by atoms with Gasteiger partial charge in [0.05, 0.1) is 4.92 Å². The Kier molecular flexibility index (Phi) is 3.43. The van der Waals surface area contributed by atoms with Gasteiger partial charge >= 0.3 is 0 Å². The lowest BCUT2D eigenvalue weighted by atomic mass is 10.1. The number of fused-ring (bicyclic) bond motifs is 1. The number of para-hydroxylation sites is 1. The van der Waals surface area contributed by atoms with Crippen LogP contribution in [-0.2, 0) is 6.42 Å². The molecule has 2 aromatic rings. The van der Waals surface area contributed by atoms with Crippen LogP contribution in [0.3, 0.4) is 0 Å². The lowest BCUT2D eigenvalue weighted by Crippen LogP contribution is -2.35. The Hall–Kier alpha value is -1.92. The van der Waals surface area contributed by atoms with Gasteiger partial charge in [-0.25, -0.2) is 0 Å². The number of nitro groups is 1. The number of rotatable bonds is 2. The zero-order valence-electron chi connectivity index (χ0n) is 11.1. The largest absolute Gasteiger partial charge is 0.304 e. The SMILES string of the molecule is CC1Cc2ccccc2N1C(=O)c1cc([N+](=O)[O-])c(Cl)s1. The summed E-state index contributed by atoms with van der Waals surface area (Å²) in [6, 6.07) is 8.97. The van der Waals surface area contributed by atoms with Crippen molar-refractivity contribution in [2.45, 2.75) is 19.4 Å². The molecule has 0 fully saturated rings. The molecule has 1 aliphatic rings. The molecule has 7 heteroatoms. The van der Waals surface area contributed by atoms with Crippen molar-refractivity contribution in [1.82, 2.24) is 0 Å². The summed E-state index contributed by atoms with van der Waals surface area (Å²) >= 11 is 6.78. The quantitative estimate of drug-likeness (QED) is 0.622. The fourth-order valence-corrected chi connectivity index (χ4v) is 3.74. The second-order valence-corrected chi connectivity index (χ2v) is 6.54.